The molecule has 12 nitrogen and oxygen atoms in total. The first-order valence-electron chi connectivity index (χ1n) is 11.7. The van der Waals surface area contributed by atoms with Crippen LogP contribution in [0.3, 0.4) is 0 Å². The van der Waals surface area contributed by atoms with Gasteiger partial charge in [0.25, 0.3) is 5.91 Å². The van der Waals surface area contributed by atoms with E-state index in [0.29, 0.717) is 6.29 Å². The molecule has 1 aliphatic heterocycles. The summed E-state index contributed by atoms with van der Waals surface area (Å²) in [5.41, 5.74) is -1.14. The Labute approximate surface area is 211 Å². The van der Waals surface area contributed by atoms with Crippen LogP contribution in [0.2, 0.25) is 0 Å². The summed E-state index contributed by atoms with van der Waals surface area (Å²) in [5, 5.41) is 35.9. The lowest BCUT2D eigenvalue weighted by molar-refractivity contribution is -0.150. The van der Waals surface area contributed by atoms with E-state index >= 15 is 0 Å². The molecule has 0 aromatic heterocycles. The smallest absolute Gasteiger partial charge is 0.434 e. The number of carbonyl (C=O) groups excluding carboxylic acids is 4. The van der Waals surface area contributed by atoms with Crippen molar-refractivity contribution in [2.24, 2.45) is 10.8 Å². The third-order valence-corrected chi connectivity index (χ3v) is 5.35. The van der Waals surface area contributed by atoms with Crippen molar-refractivity contribution in [3.05, 3.63) is 12.2 Å². The first-order valence-corrected chi connectivity index (χ1v) is 11.7. The highest BCUT2D eigenvalue weighted by molar-refractivity contribution is 5.89. The van der Waals surface area contributed by atoms with Crippen molar-refractivity contribution >= 4 is 24.3 Å². The van der Waals surface area contributed by atoms with Crippen LogP contribution in [0.25, 0.3) is 0 Å². The van der Waals surface area contributed by atoms with Crippen molar-refractivity contribution in [1.29, 1.82) is 0 Å². The molecule has 6 unspecified atom stereocenters. The number of aldehydes is 1. The maximum atomic E-state index is 12.7. The van der Waals surface area contributed by atoms with Gasteiger partial charge in [-0.3, -0.25) is 9.59 Å². The van der Waals surface area contributed by atoms with E-state index in [2.05, 4.69) is 10.6 Å². The van der Waals surface area contributed by atoms with E-state index in [-0.39, 0.29) is 31.4 Å². The van der Waals surface area contributed by atoms with Gasteiger partial charge in [-0.2, -0.15) is 0 Å². The monoisotopic (exact) mass is 516 g/mol. The summed E-state index contributed by atoms with van der Waals surface area (Å²) in [4.78, 5) is 48.1. The Bertz CT molecular complexity index is 792. The Morgan fingerprint density at radius 1 is 1.14 bits per heavy atom. The van der Waals surface area contributed by atoms with Gasteiger partial charge in [-0.05, 0) is 32.1 Å². The predicted molar refractivity (Wildman–Crippen MR) is 128 cm³/mol. The third kappa shape index (κ3) is 10.6. The molecular weight excluding hydrogens is 476 g/mol. The first-order chi connectivity index (χ1) is 16.6. The van der Waals surface area contributed by atoms with Gasteiger partial charge < -0.3 is 45.0 Å². The molecule has 0 aromatic carbocycles. The summed E-state index contributed by atoms with van der Waals surface area (Å²) in [6.45, 7) is 9.05. The molecule has 6 atom stereocenters. The van der Waals surface area contributed by atoms with Gasteiger partial charge in [-0.25, -0.2) is 4.79 Å². The molecule has 0 bridgehead atoms. The molecule has 5 N–H and O–H groups in total. The summed E-state index contributed by atoms with van der Waals surface area (Å²) in [6.07, 6.45) is -4.89. The fourth-order valence-electron chi connectivity index (χ4n) is 3.14. The Hall–Kier alpha value is -2.54. The fraction of sp³-hybridized carbons (Fsp3) is 0.750. The van der Waals surface area contributed by atoms with Crippen LogP contribution in [0.5, 0.6) is 0 Å². The molecule has 0 radical (unpaired) electrons. The average molecular weight is 517 g/mol. The lowest BCUT2D eigenvalue weighted by atomic mass is 9.93. The largest absolute Gasteiger partial charge is 0.508 e. The second-order valence-electron chi connectivity index (χ2n) is 10.6. The van der Waals surface area contributed by atoms with E-state index in [1.54, 1.807) is 13.8 Å². The quantitative estimate of drug-likeness (QED) is 0.140. The van der Waals surface area contributed by atoms with Crippen LogP contribution < -0.4 is 10.6 Å². The molecular formula is C24H40N2O10. The van der Waals surface area contributed by atoms with Gasteiger partial charge in [0.05, 0.1) is 13.2 Å². The van der Waals surface area contributed by atoms with Crippen molar-refractivity contribution in [3.63, 3.8) is 0 Å². The zero-order chi connectivity index (χ0) is 27.7. The summed E-state index contributed by atoms with van der Waals surface area (Å²) >= 11 is 0. The van der Waals surface area contributed by atoms with Crippen LogP contribution in [-0.4, -0.2) is 96.4 Å². The van der Waals surface area contributed by atoms with Crippen molar-refractivity contribution in [2.45, 2.75) is 84.0 Å². The number of hydrogen-bond donors (Lipinski definition) is 5. The SMILES string of the molecule is COC(C(=O)NC1CCC(OC(=O)OCC(C)(C)C)CNC1=O)C(O)C(O)C(O)C=CC(C)(C)C=O. The van der Waals surface area contributed by atoms with Gasteiger partial charge in [0.15, 0.2) is 6.10 Å². The molecule has 1 rings (SSSR count). The Morgan fingerprint density at radius 3 is 2.33 bits per heavy atom. The van der Waals surface area contributed by atoms with E-state index in [0.717, 1.165) is 13.2 Å². The molecule has 206 valence electrons. The number of hydrogen-bond acceptors (Lipinski definition) is 10. The second-order valence-corrected chi connectivity index (χ2v) is 10.6. The van der Waals surface area contributed by atoms with E-state index in [9.17, 15) is 34.5 Å². The molecule has 12 heteroatoms. The molecule has 1 heterocycles. The second kappa shape index (κ2) is 13.7. The van der Waals surface area contributed by atoms with E-state index in [4.69, 9.17) is 14.2 Å². The van der Waals surface area contributed by atoms with E-state index in [1.807, 2.05) is 20.8 Å². The van der Waals surface area contributed by atoms with Crippen molar-refractivity contribution in [3.8, 4) is 0 Å². The van der Waals surface area contributed by atoms with Crippen LogP contribution >= 0.6 is 0 Å². The number of allylic oxidation sites excluding steroid dienone is 1. The Morgan fingerprint density at radius 2 is 1.78 bits per heavy atom. The minimum Gasteiger partial charge on any atom is -0.434 e. The molecule has 1 fully saturated rings. The summed E-state index contributed by atoms with van der Waals surface area (Å²) in [7, 11) is 1.12. The van der Waals surface area contributed by atoms with Crippen molar-refractivity contribution in [1.82, 2.24) is 10.6 Å². The number of ether oxygens (including phenoxy) is 3. The number of nitrogens with one attached hydrogen (secondary N) is 2. The predicted octanol–water partition coefficient (Wildman–Crippen LogP) is -0.172. The minimum absolute atomic E-state index is 0.0283. The van der Waals surface area contributed by atoms with Crippen molar-refractivity contribution < 1.29 is 48.7 Å². The molecule has 0 spiro atoms. The molecule has 0 aromatic rings. The standard InChI is InChI=1S/C24H40N2O10/c1-23(2,3)13-35-22(33)36-14-7-8-15(20(31)25-11-14)26-21(32)19(34-6)18(30)17(29)16(28)9-10-24(4,5)12-27/h9-10,12,14-19,28-30H,7-8,11,13H2,1-6H3,(H,25,31)(H,26,32). The van der Waals surface area contributed by atoms with Crippen LogP contribution in [-0.2, 0) is 28.6 Å². The number of methoxy groups -OCH3 is 1. The highest BCUT2D eigenvalue weighted by atomic mass is 16.7. The maximum absolute atomic E-state index is 12.7. The number of aliphatic hydroxyl groups is 3. The minimum atomic E-state index is -1.85. The maximum Gasteiger partial charge on any atom is 0.508 e. The van der Waals surface area contributed by atoms with Gasteiger partial charge in [0, 0.05) is 12.5 Å². The number of aliphatic hydroxyl groups excluding tert-OH is 3. The molecule has 36 heavy (non-hydrogen) atoms. The van der Waals surface area contributed by atoms with Crippen LogP contribution in [0.1, 0.15) is 47.5 Å². The van der Waals surface area contributed by atoms with Gasteiger partial charge in [0.2, 0.25) is 5.91 Å². The number of amides is 2. The Balaban J connectivity index is 2.72. The first kappa shape index (κ1) is 31.5. The average Bonchev–Trinajstić information content (AvgIpc) is 2.97. The highest BCUT2D eigenvalue weighted by Crippen LogP contribution is 2.17. The van der Waals surface area contributed by atoms with E-state index < -0.39 is 59.9 Å². The summed E-state index contributed by atoms with van der Waals surface area (Å²) in [6, 6.07) is -1.02. The van der Waals surface area contributed by atoms with Crippen LogP contribution in [0.4, 0.5) is 4.79 Å². The van der Waals surface area contributed by atoms with Gasteiger partial charge in [-0.15, -0.1) is 0 Å². The zero-order valence-electron chi connectivity index (χ0n) is 21.7. The summed E-state index contributed by atoms with van der Waals surface area (Å²) in [5.74, 6) is -1.42. The van der Waals surface area contributed by atoms with Gasteiger partial charge in [0.1, 0.15) is 36.7 Å². The lowest BCUT2D eigenvalue weighted by Gasteiger charge is -2.28. The molecule has 2 amide bonds. The molecule has 1 saturated heterocycles. The topological polar surface area (TPSA) is 181 Å². The van der Waals surface area contributed by atoms with Gasteiger partial charge >= 0.3 is 6.16 Å². The van der Waals surface area contributed by atoms with Crippen LogP contribution in [0.15, 0.2) is 12.2 Å². The van der Waals surface area contributed by atoms with Crippen molar-refractivity contribution in [2.75, 3.05) is 20.3 Å². The lowest BCUT2D eigenvalue weighted by Crippen LogP contribution is -2.55. The zero-order valence-corrected chi connectivity index (χ0v) is 21.7. The normalized spacial score (nSPS) is 22.5. The highest BCUT2D eigenvalue weighted by Gasteiger charge is 2.37. The van der Waals surface area contributed by atoms with Crippen LogP contribution in [0, 0.1) is 10.8 Å². The number of carbonyl (C=O) groups is 4. The molecule has 0 saturated carbocycles. The Kier molecular flexibility index (Phi) is 12.0. The molecule has 0 aliphatic carbocycles. The number of rotatable bonds is 11. The fourth-order valence-corrected chi connectivity index (χ4v) is 3.14. The van der Waals surface area contributed by atoms with E-state index in [1.165, 1.54) is 6.08 Å². The summed E-state index contributed by atoms with van der Waals surface area (Å²) < 4.78 is 15.3. The molecule has 1 aliphatic rings. The van der Waals surface area contributed by atoms with Gasteiger partial charge in [-0.1, -0.05) is 32.9 Å². The third-order valence-electron chi connectivity index (χ3n) is 5.35.